The Morgan fingerprint density at radius 2 is 1.15 bits per heavy atom. The Morgan fingerprint density at radius 3 is 1.59 bits per heavy atom. The standard InChI is InChI=1S/C13H25N.C12H23N/c1-10-9-14(8)13(6,7)12(4,5)11(10,2)3;1-9-8-13(7)12(5,6)11(3,4)10(9)2/h9H,1-8H3;8H2,1-7H3. The molecule has 158 valence electrons. The highest BCUT2D eigenvalue weighted by Crippen LogP contribution is 2.55. The van der Waals surface area contributed by atoms with Crippen LogP contribution in [0.1, 0.15) is 90.0 Å². The maximum atomic E-state index is 2.45. The molecule has 2 nitrogen and oxygen atoms in total. The Labute approximate surface area is 171 Å². The second kappa shape index (κ2) is 6.94. The van der Waals surface area contributed by atoms with Gasteiger partial charge in [0.1, 0.15) is 0 Å². The zero-order valence-electron chi connectivity index (χ0n) is 21.2. The van der Waals surface area contributed by atoms with Crippen molar-refractivity contribution in [2.45, 2.75) is 101 Å². The van der Waals surface area contributed by atoms with Crippen LogP contribution in [-0.2, 0) is 0 Å². The Balaban J connectivity index is 0.000000271. The average Bonchev–Trinajstić information content (AvgIpc) is 2.51. The van der Waals surface area contributed by atoms with Crippen molar-refractivity contribution in [1.29, 1.82) is 0 Å². The number of hydrogen-bond donors (Lipinski definition) is 0. The minimum absolute atomic E-state index is 0.204. The molecule has 2 heteroatoms. The van der Waals surface area contributed by atoms with E-state index in [0.29, 0.717) is 0 Å². The van der Waals surface area contributed by atoms with E-state index in [4.69, 9.17) is 0 Å². The molecule has 0 fully saturated rings. The summed E-state index contributed by atoms with van der Waals surface area (Å²) in [5.41, 5.74) is 5.86. The zero-order chi connectivity index (χ0) is 21.8. The first-order valence-electron chi connectivity index (χ1n) is 10.6. The van der Waals surface area contributed by atoms with Crippen LogP contribution in [-0.4, -0.2) is 41.5 Å². The third kappa shape index (κ3) is 3.52. The van der Waals surface area contributed by atoms with Gasteiger partial charge in [-0.1, -0.05) is 58.3 Å². The lowest BCUT2D eigenvalue weighted by Crippen LogP contribution is -2.59. The van der Waals surface area contributed by atoms with E-state index in [1.165, 1.54) is 11.1 Å². The lowest BCUT2D eigenvalue weighted by Gasteiger charge is -2.59. The van der Waals surface area contributed by atoms with Crippen molar-refractivity contribution in [1.82, 2.24) is 9.80 Å². The largest absolute Gasteiger partial charge is 0.375 e. The highest BCUT2D eigenvalue weighted by Gasteiger charge is 2.52. The molecule has 0 spiro atoms. The van der Waals surface area contributed by atoms with Crippen molar-refractivity contribution in [2.75, 3.05) is 20.6 Å². The fraction of sp³-hybridized carbons (Fsp3) is 0.840. The van der Waals surface area contributed by atoms with Crippen molar-refractivity contribution in [2.24, 2.45) is 16.2 Å². The number of rotatable bonds is 0. The molecule has 2 heterocycles. The molecule has 0 bridgehead atoms. The van der Waals surface area contributed by atoms with Gasteiger partial charge in [-0.15, -0.1) is 0 Å². The SMILES string of the molecule is CC1=C(C)C(C)(C)C(C)(C)N(C)C1.CC1=CN(C)C(C)(C)C(C)(C)C1(C)C. The van der Waals surface area contributed by atoms with Gasteiger partial charge in [0, 0.05) is 30.1 Å². The van der Waals surface area contributed by atoms with Crippen LogP contribution in [0, 0.1) is 16.2 Å². The maximum absolute atomic E-state index is 2.45. The van der Waals surface area contributed by atoms with Crippen LogP contribution in [0.3, 0.4) is 0 Å². The molecule has 0 N–H and O–H groups in total. The van der Waals surface area contributed by atoms with Crippen molar-refractivity contribution < 1.29 is 0 Å². The predicted octanol–water partition coefficient (Wildman–Crippen LogP) is 6.74. The van der Waals surface area contributed by atoms with Crippen LogP contribution >= 0.6 is 0 Å². The molecule has 0 aromatic carbocycles. The Bertz CT molecular complexity index is 627. The molecule has 0 aromatic rings. The first-order valence-corrected chi connectivity index (χ1v) is 10.6. The van der Waals surface area contributed by atoms with Crippen LogP contribution in [0.2, 0.25) is 0 Å². The molecular weight excluding hydrogens is 328 g/mol. The van der Waals surface area contributed by atoms with Crippen LogP contribution in [0.25, 0.3) is 0 Å². The second-order valence-electron chi connectivity index (χ2n) is 11.7. The van der Waals surface area contributed by atoms with Gasteiger partial charge >= 0.3 is 0 Å². The normalized spacial score (nSPS) is 28.3. The zero-order valence-corrected chi connectivity index (χ0v) is 21.2. The van der Waals surface area contributed by atoms with Crippen LogP contribution in [0.5, 0.6) is 0 Å². The molecule has 0 unspecified atom stereocenters. The second-order valence-corrected chi connectivity index (χ2v) is 11.7. The summed E-state index contributed by atoms with van der Waals surface area (Å²) in [6, 6.07) is 0. The molecule has 0 saturated heterocycles. The summed E-state index contributed by atoms with van der Waals surface area (Å²) in [7, 11) is 4.40. The van der Waals surface area contributed by atoms with E-state index in [0.717, 1.165) is 6.54 Å². The van der Waals surface area contributed by atoms with Crippen molar-refractivity contribution >= 4 is 0 Å². The minimum Gasteiger partial charge on any atom is -0.375 e. The van der Waals surface area contributed by atoms with Crippen molar-refractivity contribution in [3.8, 4) is 0 Å². The summed E-state index contributed by atoms with van der Waals surface area (Å²) in [6.45, 7) is 31.4. The van der Waals surface area contributed by atoms with Crippen LogP contribution in [0.4, 0.5) is 0 Å². The van der Waals surface area contributed by atoms with E-state index >= 15 is 0 Å². The predicted molar refractivity (Wildman–Crippen MR) is 122 cm³/mol. The summed E-state index contributed by atoms with van der Waals surface area (Å²) in [5, 5.41) is 0. The Hall–Kier alpha value is -0.760. The maximum Gasteiger partial charge on any atom is 0.0396 e. The van der Waals surface area contributed by atoms with E-state index < -0.39 is 0 Å². The number of nitrogens with zero attached hydrogens (tertiary/aromatic N) is 2. The monoisotopic (exact) mass is 376 g/mol. The van der Waals surface area contributed by atoms with E-state index in [1.54, 1.807) is 5.57 Å². The quantitative estimate of drug-likeness (QED) is 0.432. The summed E-state index contributed by atoms with van der Waals surface area (Å²) in [4.78, 5) is 4.81. The average molecular weight is 377 g/mol. The van der Waals surface area contributed by atoms with E-state index in [9.17, 15) is 0 Å². The first-order chi connectivity index (χ1) is 11.8. The number of hydrogen-bond acceptors (Lipinski definition) is 2. The third-order valence-corrected chi connectivity index (χ3v) is 9.88. The molecule has 0 aromatic heterocycles. The van der Waals surface area contributed by atoms with Crippen LogP contribution < -0.4 is 0 Å². The van der Waals surface area contributed by atoms with Gasteiger partial charge in [0.15, 0.2) is 0 Å². The van der Waals surface area contributed by atoms with Gasteiger partial charge in [0.25, 0.3) is 0 Å². The summed E-state index contributed by atoms with van der Waals surface area (Å²) in [5.74, 6) is 0. The molecule has 0 saturated carbocycles. The molecule has 2 aliphatic rings. The molecule has 0 radical (unpaired) electrons. The lowest BCUT2D eigenvalue weighted by molar-refractivity contribution is -0.0334. The fourth-order valence-electron chi connectivity index (χ4n) is 4.45. The van der Waals surface area contributed by atoms with Gasteiger partial charge in [-0.05, 0) is 72.5 Å². The van der Waals surface area contributed by atoms with E-state index in [1.807, 2.05) is 0 Å². The molecular formula is C25H48N2. The van der Waals surface area contributed by atoms with Gasteiger partial charge in [0.05, 0.1) is 0 Å². The fourth-order valence-corrected chi connectivity index (χ4v) is 4.45. The topological polar surface area (TPSA) is 6.48 Å². The van der Waals surface area contributed by atoms with Gasteiger partial charge in [-0.3, -0.25) is 4.90 Å². The molecule has 2 aliphatic heterocycles. The van der Waals surface area contributed by atoms with E-state index in [2.05, 4.69) is 120 Å². The van der Waals surface area contributed by atoms with Gasteiger partial charge < -0.3 is 4.90 Å². The molecule has 27 heavy (non-hydrogen) atoms. The Kier molecular flexibility index (Phi) is 6.24. The van der Waals surface area contributed by atoms with Crippen molar-refractivity contribution in [3.05, 3.63) is 22.9 Å². The molecule has 0 aliphatic carbocycles. The Morgan fingerprint density at radius 1 is 0.704 bits per heavy atom. The first kappa shape index (κ1) is 24.3. The van der Waals surface area contributed by atoms with E-state index in [-0.39, 0.29) is 27.3 Å². The summed E-state index contributed by atoms with van der Waals surface area (Å²) < 4.78 is 0. The van der Waals surface area contributed by atoms with Crippen LogP contribution in [0.15, 0.2) is 22.9 Å². The van der Waals surface area contributed by atoms with Gasteiger partial charge in [-0.2, -0.15) is 0 Å². The summed E-state index contributed by atoms with van der Waals surface area (Å²) >= 11 is 0. The number of allylic oxidation sites excluding steroid dienone is 1. The van der Waals surface area contributed by atoms with Crippen molar-refractivity contribution in [3.63, 3.8) is 0 Å². The lowest BCUT2D eigenvalue weighted by atomic mass is 9.54. The minimum atomic E-state index is 0.204. The molecule has 0 amide bonds. The molecule has 0 atom stereocenters. The van der Waals surface area contributed by atoms with Gasteiger partial charge in [0.2, 0.25) is 0 Å². The highest BCUT2D eigenvalue weighted by atomic mass is 15.2. The third-order valence-electron chi connectivity index (χ3n) is 9.88. The number of likely N-dealkylation sites (N-methyl/N-ethyl adjacent to an activating group) is 1. The highest BCUT2D eigenvalue weighted by molar-refractivity contribution is 5.27. The summed E-state index contributed by atoms with van der Waals surface area (Å²) in [6.07, 6.45) is 2.30. The molecule has 2 rings (SSSR count). The smallest absolute Gasteiger partial charge is 0.0396 e. The van der Waals surface area contributed by atoms with Gasteiger partial charge in [-0.25, -0.2) is 0 Å².